The van der Waals surface area contributed by atoms with Crippen LogP contribution in [0.5, 0.6) is 0 Å². The smallest absolute Gasteiger partial charge is 0.298 e. The third-order valence-electron chi connectivity index (χ3n) is 0.523. The molecule has 0 aromatic heterocycles. The Hall–Kier alpha value is 0.584. The highest BCUT2D eigenvalue weighted by atomic mass is 31.1. The Morgan fingerprint density at radius 1 is 1.33 bits per heavy atom. The minimum atomic E-state index is -1.88. The van der Waals surface area contributed by atoms with Gasteiger partial charge in [0.05, 0.1) is 0 Å². The van der Waals surface area contributed by atoms with Crippen molar-refractivity contribution in [2.45, 2.75) is 0 Å². The predicted molar refractivity (Wildman–Crippen MR) is 28.3 cm³/mol. The molecule has 0 unspecified atom stereocenters. The van der Waals surface area contributed by atoms with Gasteiger partial charge in [-0.3, -0.25) is 4.57 Å². The van der Waals surface area contributed by atoms with E-state index >= 15 is 0 Å². The van der Waals surface area contributed by atoms with Crippen LogP contribution in [0.25, 0.3) is 0 Å². The Morgan fingerprint density at radius 3 is 2.00 bits per heavy atom. The molecule has 0 amide bonds. The summed E-state index contributed by atoms with van der Waals surface area (Å²) in [6, 6.07) is 0. The molecule has 6 heteroatoms. The van der Waals surface area contributed by atoms with Crippen molar-refractivity contribution in [1.29, 1.82) is 0 Å². The van der Waals surface area contributed by atoms with Gasteiger partial charge in [0.25, 0.3) is 8.25 Å². The highest BCUT2D eigenvalue weighted by Gasteiger charge is 2.07. The maximum Gasteiger partial charge on any atom is 0.298 e. The van der Waals surface area contributed by atoms with Gasteiger partial charge in [-0.15, -0.1) is 0 Å². The number of hydrogen-bond donors (Lipinski definition) is 0. The molecule has 0 N–H and O–H groups in total. The Kier molecular flexibility index (Phi) is 1.61. The summed E-state index contributed by atoms with van der Waals surface area (Å²) >= 11 is 0. The van der Waals surface area contributed by atoms with E-state index < -0.39 is 8.25 Å². The van der Waals surface area contributed by atoms with Gasteiger partial charge in [-0.2, -0.15) is 0 Å². The molecule has 1 aliphatic rings. The first kappa shape index (κ1) is 4.74. The Morgan fingerprint density at radius 2 is 1.83 bits per heavy atom. The molecule has 3 nitrogen and oxygen atoms in total. The number of rotatable bonds is 0. The van der Waals surface area contributed by atoms with Gasteiger partial charge >= 0.3 is 0 Å². The SMILES string of the molecule is O=[PH]1O[SiH2][SiH2]O1. The van der Waals surface area contributed by atoms with E-state index in [-0.39, 0.29) is 18.6 Å². The van der Waals surface area contributed by atoms with Gasteiger partial charge in [0.1, 0.15) is 0 Å². The molecule has 0 spiro atoms. The first-order valence-electron chi connectivity index (χ1n) is 1.69. The summed E-state index contributed by atoms with van der Waals surface area (Å²) in [7, 11) is -2.59. The lowest BCUT2D eigenvalue weighted by Gasteiger charge is -1.81. The highest BCUT2D eigenvalue weighted by Crippen LogP contribution is 2.25. The van der Waals surface area contributed by atoms with Gasteiger partial charge in [0.15, 0.2) is 18.6 Å². The molecule has 0 atom stereocenters. The van der Waals surface area contributed by atoms with E-state index in [0.29, 0.717) is 0 Å². The van der Waals surface area contributed by atoms with Crippen LogP contribution in [0.15, 0.2) is 0 Å². The Bertz CT molecular complexity index is 63.2. The Balaban J connectivity index is 2.37. The fraction of sp³-hybridized carbons (Fsp3) is 0. The van der Waals surface area contributed by atoms with Crippen LogP contribution in [-0.2, 0) is 13.0 Å². The topological polar surface area (TPSA) is 35.5 Å². The van der Waals surface area contributed by atoms with E-state index in [2.05, 4.69) is 8.43 Å². The van der Waals surface area contributed by atoms with E-state index in [1.807, 2.05) is 0 Å². The zero-order valence-electron chi connectivity index (χ0n) is 3.14. The lowest BCUT2D eigenvalue weighted by molar-refractivity contribution is 0.460. The summed E-state index contributed by atoms with van der Waals surface area (Å²) in [5, 5.41) is 0. The maximum atomic E-state index is 10.1. The second kappa shape index (κ2) is 2.04. The molecule has 0 saturated carbocycles. The molecular formula is H5O3PSi2. The highest BCUT2D eigenvalue weighted by molar-refractivity contribution is 7.41. The van der Waals surface area contributed by atoms with Crippen LogP contribution in [0.3, 0.4) is 0 Å². The van der Waals surface area contributed by atoms with Gasteiger partial charge in [-0.05, 0) is 0 Å². The van der Waals surface area contributed by atoms with E-state index in [9.17, 15) is 4.57 Å². The van der Waals surface area contributed by atoms with Crippen LogP contribution < -0.4 is 0 Å². The third kappa shape index (κ3) is 1.02. The molecule has 6 heavy (non-hydrogen) atoms. The summed E-state index contributed by atoms with van der Waals surface area (Å²) in [6.07, 6.45) is 0. The largest absolute Gasteiger partial charge is 0.362 e. The summed E-state index contributed by atoms with van der Waals surface area (Å²) in [4.78, 5) is 0. The second-order valence-electron chi connectivity index (χ2n) is 0.947. The average Bonchev–Trinajstić information content (AvgIpc) is 1.86. The fourth-order valence-electron chi connectivity index (χ4n) is 0.292. The van der Waals surface area contributed by atoms with Gasteiger partial charge in [-0.25, -0.2) is 0 Å². The van der Waals surface area contributed by atoms with Crippen molar-refractivity contribution in [2.75, 3.05) is 0 Å². The molecule has 1 aliphatic heterocycles. The summed E-state index contributed by atoms with van der Waals surface area (Å²) in [5.41, 5.74) is 0. The normalized spacial score (nSPS) is 42.3. The lowest BCUT2D eigenvalue weighted by atomic mass is 15.8. The van der Waals surface area contributed by atoms with Crippen LogP contribution in [-0.4, -0.2) is 18.6 Å². The fourth-order valence-corrected chi connectivity index (χ4v) is 7.88. The van der Waals surface area contributed by atoms with Crippen LogP contribution >= 0.6 is 8.25 Å². The van der Waals surface area contributed by atoms with Crippen molar-refractivity contribution in [3.63, 3.8) is 0 Å². The second-order valence-corrected chi connectivity index (χ2v) is 7.02. The molecule has 1 rings (SSSR count). The van der Waals surface area contributed by atoms with E-state index in [4.69, 9.17) is 0 Å². The lowest BCUT2D eigenvalue weighted by Crippen LogP contribution is -1.92. The molecule has 0 aliphatic carbocycles. The molecule has 1 fully saturated rings. The molecule has 0 radical (unpaired) electrons. The van der Waals surface area contributed by atoms with E-state index in [1.165, 1.54) is 0 Å². The molecule has 36 valence electrons. The quantitative estimate of drug-likeness (QED) is 0.303. The van der Waals surface area contributed by atoms with Crippen molar-refractivity contribution < 1.29 is 13.0 Å². The summed E-state index contributed by atoms with van der Waals surface area (Å²) < 4.78 is 19.4. The van der Waals surface area contributed by atoms with Gasteiger partial charge in [0, 0.05) is 0 Å². The molecule has 0 aromatic rings. The maximum absolute atomic E-state index is 10.1. The van der Waals surface area contributed by atoms with Crippen LogP contribution in [0.1, 0.15) is 0 Å². The molecule has 0 bridgehead atoms. The van der Waals surface area contributed by atoms with Crippen molar-refractivity contribution in [3.8, 4) is 0 Å². The van der Waals surface area contributed by atoms with Gasteiger partial charge in [0.2, 0.25) is 0 Å². The van der Waals surface area contributed by atoms with Crippen LogP contribution in [0.4, 0.5) is 0 Å². The van der Waals surface area contributed by atoms with Crippen molar-refractivity contribution in [1.82, 2.24) is 0 Å². The standard InChI is InChI=1S/H5O3PSi2/c1-4-2-5-6-3-4/h4H,5-6H2. The van der Waals surface area contributed by atoms with Crippen molar-refractivity contribution in [3.05, 3.63) is 0 Å². The van der Waals surface area contributed by atoms with Crippen molar-refractivity contribution >= 4 is 26.8 Å². The Labute approximate surface area is 40.7 Å². The van der Waals surface area contributed by atoms with Gasteiger partial charge in [-0.1, -0.05) is 0 Å². The monoisotopic (exact) mass is 140 g/mol. The molecule has 1 saturated heterocycles. The zero-order chi connectivity index (χ0) is 4.41. The minimum Gasteiger partial charge on any atom is -0.362 e. The van der Waals surface area contributed by atoms with E-state index in [1.54, 1.807) is 0 Å². The van der Waals surface area contributed by atoms with Crippen LogP contribution in [0, 0.1) is 0 Å². The summed E-state index contributed by atoms with van der Waals surface area (Å²) in [6.45, 7) is 0. The summed E-state index contributed by atoms with van der Waals surface area (Å²) in [5.74, 6) is 0. The van der Waals surface area contributed by atoms with Gasteiger partial charge < -0.3 is 8.43 Å². The first-order valence-corrected chi connectivity index (χ1v) is 8.07. The average molecular weight is 140 g/mol. The minimum absolute atomic E-state index is 0.355. The van der Waals surface area contributed by atoms with Crippen LogP contribution in [0.2, 0.25) is 0 Å². The third-order valence-corrected chi connectivity index (χ3v) is 8.38. The zero-order valence-corrected chi connectivity index (χ0v) is 6.97. The molecular weight excluding hydrogens is 135 g/mol. The number of hydrogen-bond acceptors (Lipinski definition) is 3. The first-order chi connectivity index (χ1) is 2.89. The van der Waals surface area contributed by atoms with Crippen molar-refractivity contribution in [2.24, 2.45) is 0 Å². The molecule has 0 aromatic carbocycles. The van der Waals surface area contributed by atoms with E-state index in [0.717, 1.165) is 0 Å². The molecule has 1 heterocycles. The predicted octanol–water partition coefficient (Wildman–Crippen LogP) is -1.49.